The summed E-state index contributed by atoms with van der Waals surface area (Å²) in [5.74, 6) is -2.69. The summed E-state index contributed by atoms with van der Waals surface area (Å²) in [6, 6.07) is 7.89. The molecule has 0 heterocycles. The summed E-state index contributed by atoms with van der Waals surface area (Å²) in [7, 11) is 0. The number of hydrogen-bond acceptors (Lipinski definition) is 4. The Labute approximate surface area is 214 Å². The number of ether oxygens (including phenoxy) is 1. The molecule has 0 saturated carbocycles. The van der Waals surface area contributed by atoms with Crippen LogP contribution in [0.3, 0.4) is 0 Å². The minimum absolute atomic E-state index is 0.0176. The molecule has 0 aliphatic heterocycles. The van der Waals surface area contributed by atoms with Crippen molar-refractivity contribution in [2.24, 2.45) is 5.41 Å². The summed E-state index contributed by atoms with van der Waals surface area (Å²) in [5.41, 5.74) is -2.33. The number of anilines is 1. The molecule has 0 unspecified atom stereocenters. The molecule has 0 aliphatic carbocycles. The fourth-order valence-corrected chi connectivity index (χ4v) is 3.11. The zero-order valence-electron chi connectivity index (χ0n) is 20.1. The lowest BCUT2D eigenvalue weighted by atomic mass is 9.91. The SMILES string of the molecule is CCNC(=O)c1cc(NC(=O)c2cc(CNC(=O)C(C)(C)C(F)(F)F)ccc2Cl)ccc1OCC(F)F. The summed E-state index contributed by atoms with van der Waals surface area (Å²) >= 11 is 6.12. The van der Waals surface area contributed by atoms with Crippen LogP contribution in [0.25, 0.3) is 0 Å². The van der Waals surface area contributed by atoms with Gasteiger partial charge in [0.25, 0.3) is 18.2 Å². The molecule has 7 nitrogen and oxygen atoms in total. The van der Waals surface area contributed by atoms with Gasteiger partial charge < -0.3 is 20.7 Å². The lowest BCUT2D eigenvalue weighted by Gasteiger charge is -2.26. The highest BCUT2D eigenvalue weighted by Gasteiger charge is 2.52. The molecule has 0 fully saturated rings. The molecule has 3 amide bonds. The number of hydrogen-bond donors (Lipinski definition) is 3. The first kappa shape index (κ1) is 29.8. The van der Waals surface area contributed by atoms with E-state index in [0.717, 1.165) is 13.8 Å². The van der Waals surface area contributed by atoms with E-state index in [9.17, 15) is 36.3 Å². The second-order valence-corrected chi connectivity index (χ2v) is 8.75. The van der Waals surface area contributed by atoms with Crippen molar-refractivity contribution < 1.29 is 41.1 Å². The van der Waals surface area contributed by atoms with E-state index in [2.05, 4.69) is 16.0 Å². The zero-order valence-corrected chi connectivity index (χ0v) is 20.8. The maximum atomic E-state index is 13.1. The summed E-state index contributed by atoms with van der Waals surface area (Å²) in [4.78, 5) is 37.3. The number of benzene rings is 2. The van der Waals surface area contributed by atoms with Crippen LogP contribution in [0.5, 0.6) is 5.75 Å². The van der Waals surface area contributed by atoms with Gasteiger partial charge in [-0.05, 0) is 56.7 Å². The van der Waals surface area contributed by atoms with E-state index in [4.69, 9.17) is 16.3 Å². The Morgan fingerprint density at radius 2 is 1.65 bits per heavy atom. The van der Waals surface area contributed by atoms with Crippen molar-refractivity contribution in [2.45, 2.75) is 39.9 Å². The van der Waals surface area contributed by atoms with Gasteiger partial charge in [0.1, 0.15) is 17.8 Å². The molecule has 3 N–H and O–H groups in total. The smallest absolute Gasteiger partial charge is 0.402 e. The largest absolute Gasteiger partial charge is 0.487 e. The maximum absolute atomic E-state index is 13.1. The van der Waals surface area contributed by atoms with Crippen molar-refractivity contribution >= 4 is 35.0 Å². The molecule has 0 saturated heterocycles. The van der Waals surface area contributed by atoms with Gasteiger partial charge in [-0.15, -0.1) is 0 Å². The molecule has 0 spiro atoms. The molecule has 0 aliphatic rings. The Morgan fingerprint density at radius 3 is 2.24 bits per heavy atom. The third-order valence-corrected chi connectivity index (χ3v) is 5.52. The van der Waals surface area contributed by atoms with Crippen molar-refractivity contribution in [3.8, 4) is 5.75 Å². The minimum Gasteiger partial charge on any atom is -0.487 e. The third-order valence-electron chi connectivity index (χ3n) is 5.19. The number of nitrogens with one attached hydrogen (secondary N) is 3. The fourth-order valence-electron chi connectivity index (χ4n) is 2.91. The molecule has 0 aromatic heterocycles. The lowest BCUT2D eigenvalue weighted by Crippen LogP contribution is -2.46. The van der Waals surface area contributed by atoms with Gasteiger partial charge in [0.2, 0.25) is 5.91 Å². The number of carbonyl (C=O) groups is 3. The van der Waals surface area contributed by atoms with Crippen LogP contribution in [0.15, 0.2) is 36.4 Å². The standard InChI is InChI=1S/C24H25ClF5N3O4/c1-4-31-20(34)16-10-14(6-8-18(16)37-12-19(26)27)33-21(35)15-9-13(5-7-17(15)25)11-32-22(36)23(2,3)24(28,29)30/h5-10,19H,4,11-12H2,1-3H3,(H,31,34)(H,32,36)(H,33,35). The van der Waals surface area contributed by atoms with Crippen molar-refractivity contribution in [2.75, 3.05) is 18.5 Å². The van der Waals surface area contributed by atoms with Crippen molar-refractivity contribution in [1.82, 2.24) is 10.6 Å². The molecule has 2 aromatic carbocycles. The second-order valence-electron chi connectivity index (χ2n) is 8.35. The lowest BCUT2D eigenvalue weighted by molar-refractivity contribution is -0.211. The van der Waals surface area contributed by atoms with Crippen molar-refractivity contribution in [3.63, 3.8) is 0 Å². The minimum atomic E-state index is -4.75. The van der Waals surface area contributed by atoms with E-state index in [1.807, 2.05) is 0 Å². The van der Waals surface area contributed by atoms with Gasteiger partial charge in [0.05, 0.1) is 16.1 Å². The maximum Gasteiger partial charge on any atom is 0.402 e. The van der Waals surface area contributed by atoms with E-state index in [1.165, 1.54) is 36.4 Å². The Bertz CT molecular complexity index is 1160. The van der Waals surface area contributed by atoms with Crippen LogP contribution in [0, 0.1) is 5.41 Å². The molecule has 0 atom stereocenters. The number of amides is 3. The number of halogens is 6. The summed E-state index contributed by atoms with van der Waals surface area (Å²) < 4.78 is 69.3. The van der Waals surface area contributed by atoms with E-state index in [1.54, 1.807) is 6.92 Å². The van der Waals surface area contributed by atoms with Gasteiger partial charge in [0.15, 0.2) is 0 Å². The van der Waals surface area contributed by atoms with E-state index in [-0.39, 0.29) is 40.7 Å². The van der Waals surface area contributed by atoms with Gasteiger partial charge in [0, 0.05) is 18.8 Å². The van der Waals surface area contributed by atoms with E-state index in [0.29, 0.717) is 5.56 Å². The average molecular weight is 550 g/mol. The topological polar surface area (TPSA) is 96.5 Å². The highest BCUT2D eigenvalue weighted by Crippen LogP contribution is 2.37. The molecule has 37 heavy (non-hydrogen) atoms. The van der Waals surface area contributed by atoms with Crippen LogP contribution in [0.2, 0.25) is 5.02 Å². The van der Waals surface area contributed by atoms with Gasteiger partial charge >= 0.3 is 6.18 Å². The van der Waals surface area contributed by atoms with Crippen LogP contribution in [-0.2, 0) is 11.3 Å². The van der Waals surface area contributed by atoms with Crippen LogP contribution >= 0.6 is 11.6 Å². The number of carbonyl (C=O) groups excluding carboxylic acids is 3. The Hall–Kier alpha value is -3.41. The first-order valence-corrected chi connectivity index (χ1v) is 11.3. The highest BCUT2D eigenvalue weighted by atomic mass is 35.5. The molecule has 0 bridgehead atoms. The first-order valence-electron chi connectivity index (χ1n) is 10.9. The van der Waals surface area contributed by atoms with Gasteiger partial charge in [-0.25, -0.2) is 8.78 Å². The first-order chi connectivity index (χ1) is 17.2. The fraction of sp³-hybridized carbons (Fsp3) is 0.375. The summed E-state index contributed by atoms with van der Waals surface area (Å²) in [6.07, 6.45) is -7.52. The molecule has 0 radical (unpaired) electrons. The predicted molar refractivity (Wildman–Crippen MR) is 127 cm³/mol. The highest BCUT2D eigenvalue weighted by molar-refractivity contribution is 6.34. The zero-order chi connectivity index (χ0) is 28.0. The molecule has 202 valence electrons. The van der Waals surface area contributed by atoms with Crippen molar-refractivity contribution in [3.05, 3.63) is 58.1 Å². The monoisotopic (exact) mass is 549 g/mol. The van der Waals surface area contributed by atoms with Crippen molar-refractivity contribution in [1.29, 1.82) is 0 Å². The van der Waals surface area contributed by atoms with Crippen LogP contribution in [0.4, 0.5) is 27.6 Å². The van der Waals surface area contributed by atoms with Gasteiger partial charge in [-0.1, -0.05) is 17.7 Å². The molecular weight excluding hydrogens is 525 g/mol. The Kier molecular flexibility index (Phi) is 9.85. The van der Waals surface area contributed by atoms with Gasteiger partial charge in [-0.2, -0.15) is 13.2 Å². The molecule has 2 rings (SSSR count). The molecular formula is C24H25ClF5N3O4. The van der Waals surface area contributed by atoms with E-state index < -0.39 is 42.3 Å². The summed E-state index contributed by atoms with van der Waals surface area (Å²) in [5, 5.41) is 7.25. The van der Waals surface area contributed by atoms with Gasteiger partial charge in [-0.3, -0.25) is 14.4 Å². The second kappa shape index (κ2) is 12.2. The van der Waals surface area contributed by atoms with Crippen LogP contribution in [0.1, 0.15) is 47.1 Å². The molecule has 2 aromatic rings. The average Bonchev–Trinajstić information content (AvgIpc) is 2.81. The van der Waals surface area contributed by atoms with Crippen LogP contribution in [-0.4, -0.2) is 43.5 Å². The van der Waals surface area contributed by atoms with Crippen LogP contribution < -0.4 is 20.7 Å². The Morgan fingerprint density at radius 1 is 0.973 bits per heavy atom. The predicted octanol–water partition coefficient (Wildman–Crippen LogP) is 5.19. The molecule has 13 heteroatoms. The van der Waals surface area contributed by atoms with E-state index >= 15 is 0 Å². The number of rotatable bonds is 10. The normalized spacial score (nSPS) is 11.7. The quantitative estimate of drug-likeness (QED) is 0.355. The summed E-state index contributed by atoms with van der Waals surface area (Å²) in [6.45, 7) is 2.18. The Balaban J connectivity index is 2.22. The number of alkyl halides is 5. The third kappa shape index (κ3) is 7.78.